The fraction of sp³-hybridized carbons (Fsp3) is 0.571. The largest absolute Gasteiger partial charge is 0.394 e. The summed E-state index contributed by atoms with van der Waals surface area (Å²) in [4.78, 5) is 2.29. The van der Waals surface area contributed by atoms with Gasteiger partial charge in [-0.25, -0.2) is 0 Å². The maximum Gasteiger partial charge on any atom is 0.137 e. The van der Waals surface area contributed by atoms with Crippen LogP contribution in [0.15, 0.2) is 30.3 Å². The van der Waals surface area contributed by atoms with Gasteiger partial charge in [0.15, 0.2) is 0 Å². The van der Waals surface area contributed by atoms with Crippen molar-refractivity contribution in [3.63, 3.8) is 0 Å². The van der Waals surface area contributed by atoms with Crippen molar-refractivity contribution in [2.75, 3.05) is 13.2 Å². The minimum absolute atomic E-state index is 0.0322. The van der Waals surface area contributed by atoms with E-state index in [0.717, 1.165) is 12.1 Å². The van der Waals surface area contributed by atoms with Crippen molar-refractivity contribution in [2.45, 2.75) is 38.6 Å². The first kappa shape index (κ1) is 12.6. The molecule has 2 rings (SSSR count). The topological polar surface area (TPSA) is 32.7 Å². The third-order valence-electron chi connectivity index (χ3n) is 3.15. The third-order valence-corrected chi connectivity index (χ3v) is 3.15. The van der Waals surface area contributed by atoms with Gasteiger partial charge in [-0.3, -0.25) is 4.90 Å². The summed E-state index contributed by atoms with van der Waals surface area (Å²) < 4.78 is 5.91. The molecule has 3 heteroatoms. The standard InChI is InChI=1S/C14H21NO2/c1-14(2,3)15-9-12(10-16)17-13(15)11-7-5-4-6-8-11/h4-8,12-13,16H,9-10H2,1-3H3. The fourth-order valence-corrected chi connectivity index (χ4v) is 2.22. The van der Waals surface area contributed by atoms with Crippen LogP contribution in [-0.4, -0.2) is 34.8 Å². The summed E-state index contributed by atoms with van der Waals surface area (Å²) in [5.41, 5.74) is 1.18. The Morgan fingerprint density at radius 1 is 1.29 bits per heavy atom. The average Bonchev–Trinajstić information content (AvgIpc) is 2.74. The molecule has 1 aromatic carbocycles. The maximum atomic E-state index is 9.26. The van der Waals surface area contributed by atoms with Crippen LogP contribution >= 0.6 is 0 Å². The van der Waals surface area contributed by atoms with Crippen molar-refractivity contribution >= 4 is 0 Å². The van der Waals surface area contributed by atoms with Crippen LogP contribution in [0.2, 0.25) is 0 Å². The number of nitrogens with zero attached hydrogens (tertiary/aromatic N) is 1. The van der Waals surface area contributed by atoms with E-state index in [1.54, 1.807) is 0 Å². The molecule has 1 saturated heterocycles. The second-order valence-electron chi connectivity index (χ2n) is 5.53. The van der Waals surface area contributed by atoms with Gasteiger partial charge in [-0.15, -0.1) is 0 Å². The highest BCUT2D eigenvalue weighted by Crippen LogP contribution is 2.35. The molecule has 3 nitrogen and oxygen atoms in total. The first-order valence-corrected chi connectivity index (χ1v) is 6.10. The molecule has 1 aliphatic heterocycles. The maximum absolute atomic E-state index is 9.26. The number of hydrogen-bond donors (Lipinski definition) is 1. The fourth-order valence-electron chi connectivity index (χ4n) is 2.22. The lowest BCUT2D eigenvalue weighted by molar-refractivity contribution is -0.0422. The van der Waals surface area contributed by atoms with Gasteiger partial charge in [-0.2, -0.15) is 0 Å². The van der Waals surface area contributed by atoms with Gasteiger partial charge in [0.25, 0.3) is 0 Å². The Hall–Kier alpha value is -0.900. The van der Waals surface area contributed by atoms with E-state index in [-0.39, 0.29) is 24.5 Å². The molecular formula is C14H21NO2. The molecule has 1 N–H and O–H groups in total. The van der Waals surface area contributed by atoms with E-state index in [2.05, 4.69) is 37.8 Å². The van der Waals surface area contributed by atoms with Crippen LogP contribution < -0.4 is 0 Å². The second-order valence-corrected chi connectivity index (χ2v) is 5.53. The molecule has 2 unspecified atom stereocenters. The first-order chi connectivity index (χ1) is 8.02. The zero-order valence-corrected chi connectivity index (χ0v) is 10.8. The van der Waals surface area contributed by atoms with Crippen molar-refractivity contribution in [3.8, 4) is 0 Å². The minimum Gasteiger partial charge on any atom is -0.394 e. The number of hydrogen-bond acceptors (Lipinski definition) is 3. The van der Waals surface area contributed by atoms with E-state index in [1.165, 1.54) is 0 Å². The van der Waals surface area contributed by atoms with Crippen molar-refractivity contribution in [2.24, 2.45) is 0 Å². The van der Waals surface area contributed by atoms with Gasteiger partial charge in [0.05, 0.1) is 12.7 Å². The SMILES string of the molecule is CC(C)(C)N1CC(CO)OC1c1ccccc1. The second kappa shape index (κ2) is 4.77. The molecule has 0 aromatic heterocycles. The van der Waals surface area contributed by atoms with Crippen molar-refractivity contribution < 1.29 is 9.84 Å². The van der Waals surface area contributed by atoms with Gasteiger partial charge in [0.2, 0.25) is 0 Å². The first-order valence-electron chi connectivity index (χ1n) is 6.10. The van der Waals surface area contributed by atoms with E-state index in [1.807, 2.05) is 18.2 Å². The number of rotatable bonds is 2. The molecule has 2 atom stereocenters. The molecular weight excluding hydrogens is 214 g/mol. The van der Waals surface area contributed by atoms with E-state index >= 15 is 0 Å². The lowest BCUT2D eigenvalue weighted by Gasteiger charge is -2.35. The number of aliphatic hydroxyl groups is 1. The highest BCUT2D eigenvalue weighted by atomic mass is 16.5. The number of benzene rings is 1. The van der Waals surface area contributed by atoms with Crippen LogP contribution in [0.4, 0.5) is 0 Å². The van der Waals surface area contributed by atoms with Gasteiger partial charge in [-0.1, -0.05) is 30.3 Å². The van der Waals surface area contributed by atoms with Crippen LogP contribution in [-0.2, 0) is 4.74 Å². The molecule has 0 amide bonds. The Morgan fingerprint density at radius 2 is 1.94 bits per heavy atom. The molecule has 1 heterocycles. The Morgan fingerprint density at radius 3 is 2.47 bits per heavy atom. The molecule has 0 spiro atoms. The predicted octanol–water partition coefficient (Wildman–Crippen LogP) is 2.18. The molecule has 1 aliphatic rings. The Balaban J connectivity index is 2.25. The summed E-state index contributed by atoms with van der Waals surface area (Å²) in [6.45, 7) is 7.37. The molecule has 0 saturated carbocycles. The normalized spacial score (nSPS) is 26.4. The zero-order valence-electron chi connectivity index (χ0n) is 10.8. The molecule has 0 bridgehead atoms. The van der Waals surface area contributed by atoms with Crippen molar-refractivity contribution in [3.05, 3.63) is 35.9 Å². The molecule has 1 aromatic rings. The van der Waals surface area contributed by atoms with Crippen LogP contribution in [0, 0.1) is 0 Å². The summed E-state index contributed by atoms with van der Waals surface area (Å²) >= 11 is 0. The van der Waals surface area contributed by atoms with Gasteiger partial charge in [0, 0.05) is 12.1 Å². The van der Waals surface area contributed by atoms with Crippen molar-refractivity contribution in [1.82, 2.24) is 4.90 Å². The number of ether oxygens (including phenoxy) is 1. The van der Waals surface area contributed by atoms with E-state index in [9.17, 15) is 5.11 Å². The molecule has 17 heavy (non-hydrogen) atoms. The quantitative estimate of drug-likeness (QED) is 0.852. The van der Waals surface area contributed by atoms with Crippen LogP contribution in [0.5, 0.6) is 0 Å². The van der Waals surface area contributed by atoms with E-state index in [0.29, 0.717) is 0 Å². The minimum atomic E-state index is -0.0839. The Labute approximate surface area is 103 Å². The summed E-state index contributed by atoms with van der Waals surface area (Å²) in [7, 11) is 0. The predicted molar refractivity (Wildman–Crippen MR) is 67.6 cm³/mol. The van der Waals surface area contributed by atoms with E-state index in [4.69, 9.17) is 4.74 Å². The van der Waals surface area contributed by atoms with Gasteiger partial charge in [0.1, 0.15) is 6.23 Å². The number of aliphatic hydroxyl groups excluding tert-OH is 1. The highest BCUT2D eigenvalue weighted by molar-refractivity contribution is 5.18. The lowest BCUT2D eigenvalue weighted by atomic mass is 10.0. The molecule has 0 radical (unpaired) electrons. The molecule has 1 fully saturated rings. The monoisotopic (exact) mass is 235 g/mol. The Kier molecular flexibility index (Phi) is 3.52. The summed E-state index contributed by atoms with van der Waals surface area (Å²) in [5.74, 6) is 0. The zero-order chi connectivity index (χ0) is 12.5. The summed E-state index contributed by atoms with van der Waals surface area (Å²) in [5, 5.41) is 9.26. The summed E-state index contributed by atoms with van der Waals surface area (Å²) in [6.07, 6.45) is -0.132. The van der Waals surface area contributed by atoms with Gasteiger partial charge < -0.3 is 9.84 Å². The third kappa shape index (κ3) is 2.68. The smallest absolute Gasteiger partial charge is 0.137 e. The molecule has 0 aliphatic carbocycles. The van der Waals surface area contributed by atoms with Gasteiger partial charge >= 0.3 is 0 Å². The lowest BCUT2D eigenvalue weighted by Crippen LogP contribution is -2.41. The van der Waals surface area contributed by atoms with E-state index < -0.39 is 0 Å². The summed E-state index contributed by atoms with van der Waals surface area (Å²) in [6, 6.07) is 10.2. The molecule has 94 valence electrons. The van der Waals surface area contributed by atoms with Crippen LogP contribution in [0.25, 0.3) is 0 Å². The van der Waals surface area contributed by atoms with Crippen molar-refractivity contribution in [1.29, 1.82) is 0 Å². The Bertz CT molecular complexity index is 358. The average molecular weight is 235 g/mol. The van der Waals surface area contributed by atoms with Crippen LogP contribution in [0.3, 0.4) is 0 Å². The highest BCUT2D eigenvalue weighted by Gasteiger charge is 2.39. The van der Waals surface area contributed by atoms with Crippen LogP contribution in [0.1, 0.15) is 32.6 Å². The van der Waals surface area contributed by atoms with Gasteiger partial charge in [-0.05, 0) is 26.3 Å².